The lowest BCUT2D eigenvalue weighted by atomic mass is 10.0. The Morgan fingerprint density at radius 3 is 2.30 bits per heavy atom. The van der Waals surface area contributed by atoms with Crippen molar-refractivity contribution in [3.8, 4) is 0 Å². The van der Waals surface area contributed by atoms with E-state index in [1.54, 1.807) is 17.0 Å². The highest BCUT2D eigenvalue weighted by Crippen LogP contribution is 2.26. The van der Waals surface area contributed by atoms with Crippen molar-refractivity contribution in [1.82, 2.24) is 20.1 Å². The molecule has 0 aliphatic carbocycles. The quantitative estimate of drug-likeness (QED) is 0.719. The summed E-state index contributed by atoms with van der Waals surface area (Å²) in [5, 5.41) is 1.14. The van der Waals surface area contributed by atoms with Crippen LogP contribution in [0.3, 0.4) is 0 Å². The van der Waals surface area contributed by atoms with Crippen LogP contribution in [-0.4, -0.2) is 55.8 Å². The van der Waals surface area contributed by atoms with Crippen LogP contribution < -0.4 is 10.9 Å². The van der Waals surface area contributed by atoms with E-state index < -0.39 is 10.0 Å². The molecule has 2 aliphatic rings. The second-order valence-corrected chi connectivity index (χ2v) is 10.2. The maximum atomic E-state index is 12.9. The van der Waals surface area contributed by atoms with Crippen LogP contribution in [-0.2, 0) is 14.8 Å². The molecule has 2 unspecified atom stereocenters. The van der Waals surface area contributed by atoms with Crippen LogP contribution in [0.5, 0.6) is 0 Å². The number of halogens is 2. The zero-order valence-electron chi connectivity index (χ0n) is 16.1. The number of rotatable bonds is 4. The minimum absolute atomic E-state index is 0.00998. The number of piperazine rings is 1. The smallest absolute Gasteiger partial charge is 0.243 e. The molecule has 0 spiro atoms. The number of hydrogen-bond donors (Lipinski definition) is 2. The number of carbonyl (C=O) groups is 1. The molecule has 0 saturated carbocycles. The number of carbonyl (C=O) groups excluding carboxylic acids is 1. The van der Waals surface area contributed by atoms with Crippen molar-refractivity contribution < 1.29 is 13.2 Å². The number of hydrogen-bond acceptors (Lipinski definition) is 5. The van der Waals surface area contributed by atoms with E-state index in [1.807, 2.05) is 24.3 Å². The molecule has 7 nitrogen and oxygen atoms in total. The van der Waals surface area contributed by atoms with E-state index in [0.29, 0.717) is 29.6 Å². The third-order valence-corrected chi connectivity index (χ3v) is 7.85. The lowest BCUT2D eigenvalue weighted by Gasteiger charge is -2.35. The summed E-state index contributed by atoms with van der Waals surface area (Å²) in [7, 11) is -3.60. The number of sulfonamides is 1. The van der Waals surface area contributed by atoms with Crippen molar-refractivity contribution in [2.45, 2.75) is 23.4 Å². The van der Waals surface area contributed by atoms with Gasteiger partial charge in [-0.05, 0) is 48.4 Å². The standard InChI is InChI=1S/C20H22Cl2N4O3S/c21-15-4-6-17(7-5-15)30(28,29)26-10-8-25(9-11-26)20(27)19-13-18(23-24-19)14-2-1-3-16(22)12-14/h1-7,12,18-19,23-24H,8-11,13H2. The highest BCUT2D eigenvalue weighted by atomic mass is 35.5. The Balaban J connectivity index is 1.35. The van der Waals surface area contributed by atoms with Gasteiger partial charge in [0.15, 0.2) is 0 Å². The van der Waals surface area contributed by atoms with Gasteiger partial charge in [-0.3, -0.25) is 4.79 Å². The first-order valence-corrected chi connectivity index (χ1v) is 11.9. The topological polar surface area (TPSA) is 81.8 Å². The molecule has 0 radical (unpaired) electrons. The SMILES string of the molecule is O=C(C1CC(c2cccc(Cl)c2)NN1)N1CCN(S(=O)(=O)c2ccc(Cl)cc2)CC1. The van der Waals surface area contributed by atoms with Crippen molar-refractivity contribution >= 4 is 39.1 Å². The molecule has 1 amide bonds. The van der Waals surface area contributed by atoms with Crippen molar-refractivity contribution in [1.29, 1.82) is 0 Å². The Bertz CT molecular complexity index is 1020. The molecule has 160 valence electrons. The van der Waals surface area contributed by atoms with Gasteiger partial charge in [-0.1, -0.05) is 35.3 Å². The molecule has 2 saturated heterocycles. The summed E-state index contributed by atoms with van der Waals surface area (Å²) in [4.78, 5) is 14.8. The number of benzene rings is 2. The minimum atomic E-state index is -3.60. The Kier molecular flexibility index (Phi) is 6.34. The molecule has 10 heteroatoms. The fourth-order valence-electron chi connectivity index (χ4n) is 3.78. The monoisotopic (exact) mass is 468 g/mol. The Hall–Kier alpha value is -1.68. The van der Waals surface area contributed by atoms with Gasteiger partial charge in [-0.25, -0.2) is 19.3 Å². The van der Waals surface area contributed by atoms with Crippen LogP contribution in [0, 0.1) is 0 Å². The molecular formula is C20H22Cl2N4O3S. The van der Waals surface area contributed by atoms with Gasteiger partial charge in [0.05, 0.1) is 4.90 Å². The molecular weight excluding hydrogens is 447 g/mol. The molecule has 2 aliphatic heterocycles. The van der Waals surface area contributed by atoms with Crippen LogP contribution in [0.4, 0.5) is 0 Å². The van der Waals surface area contributed by atoms with Gasteiger partial charge < -0.3 is 4.90 Å². The summed E-state index contributed by atoms with van der Waals surface area (Å²) >= 11 is 11.9. The fourth-order valence-corrected chi connectivity index (χ4v) is 5.53. The number of hydrazine groups is 1. The first kappa shape index (κ1) is 21.5. The second-order valence-electron chi connectivity index (χ2n) is 7.37. The van der Waals surface area contributed by atoms with Crippen LogP contribution in [0.1, 0.15) is 18.0 Å². The molecule has 2 aromatic carbocycles. The molecule has 2 N–H and O–H groups in total. The lowest BCUT2D eigenvalue weighted by molar-refractivity contribution is -0.134. The van der Waals surface area contributed by atoms with E-state index in [9.17, 15) is 13.2 Å². The van der Waals surface area contributed by atoms with Crippen LogP contribution >= 0.6 is 23.2 Å². The Morgan fingerprint density at radius 1 is 0.933 bits per heavy atom. The van der Waals surface area contributed by atoms with E-state index in [-0.39, 0.29) is 36.0 Å². The Labute approximate surface area is 186 Å². The predicted octanol–water partition coefficient (Wildman–Crippen LogP) is 2.43. The second kappa shape index (κ2) is 8.82. The van der Waals surface area contributed by atoms with Crippen molar-refractivity contribution in [2.24, 2.45) is 0 Å². The number of amides is 1. The van der Waals surface area contributed by atoms with Crippen molar-refractivity contribution in [3.05, 3.63) is 64.1 Å². The predicted molar refractivity (Wildman–Crippen MR) is 116 cm³/mol. The third kappa shape index (κ3) is 4.49. The summed E-state index contributed by atoms with van der Waals surface area (Å²) in [5.74, 6) is -0.0319. The summed E-state index contributed by atoms with van der Waals surface area (Å²) < 4.78 is 27.0. The average Bonchev–Trinajstić information content (AvgIpc) is 3.24. The third-order valence-electron chi connectivity index (χ3n) is 5.45. The summed E-state index contributed by atoms with van der Waals surface area (Å²) in [6.45, 7) is 1.22. The van der Waals surface area contributed by atoms with Gasteiger partial charge in [0.2, 0.25) is 15.9 Å². The van der Waals surface area contributed by atoms with Gasteiger partial charge in [-0.15, -0.1) is 0 Å². The highest BCUT2D eigenvalue weighted by Gasteiger charge is 2.36. The van der Waals surface area contributed by atoms with Crippen LogP contribution in [0.2, 0.25) is 10.0 Å². The van der Waals surface area contributed by atoms with E-state index >= 15 is 0 Å². The van der Waals surface area contributed by atoms with E-state index in [0.717, 1.165) is 5.56 Å². The average molecular weight is 469 g/mol. The summed E-state index contributed by atoms with van der Waals surface area (Å²) in [6, 6.07) is 13.3. The first-order chi connectivity index (χ1) is 14.3. The zero-order chi connectivity index (χ0) is 21.3. The van der Waals surface area contributed by atoms with Crippen LogP contribution in [0.25, 0.3) is 0 Å². The molecule has 30 heavy (non-hydrogen) atoms. The first-order valence-electron chi connectivity index (χ1n) is 9.65. The van der Waals surface area contributed by atoms with E-state index in [2.05, 4.69) is 10.9 Å². The molecule has 2 fully saturated rings. The van der Waals surface area contributed by atoms with Gasteiger partial charge >= 0.3 is 0 Å². The lowest BCUT2D eigenvalue weighted by Crippen LogP contribution is -2.54. The molecule has 0 bridgehead atoms. The zero-order valence-corrected chi connectivity index (χ0v) is 18.4. The molecule has 2 atom stereocenters. The van der Waals surface area contributed by atoms with Gasteiger partial charge in [-0.2, -0.15) is 4.31 Å². The van der Waals surface area contributed by atoms with Crippen molar-refractivity contribution in [3.63, 3.8) is 0 Å². The maximum Gasteiger partial charge on any atom is 0.243 e. The van der Waals surface area contributed by atoms with Crippen LogP contribution in [0.15, 0.2) is 53.4 Å². The number of nitrogens with zero attached hydrogens (tertiary/aromatic N) is 2. The van der Waals surface area contributed by atoms with Crippen molar-refractivity contribution in [2.75, 3.05) is 26.2 Å². The molecule has 0 aromatic heterocycles. The highest BCUT2D eigenvalue weighted by molar-refractivity contribution is 7.89. The summed E-state index contributed by atoms with van der Waals surface area (Å²) in [6.07, 6.45) is 0.600. The molecule has 2 heterocycles. The van der Waals surface area contributed by atoms with Gasteiger partial charge in [0.25, 0.3) is 0 Å². The van der Waals surface area contributed by atoms with E-state index in [4.69, 9.17) is 23.2 Å². The molecule has 4 rings (SSSR count). The van der Waals surface area contributed by atoms with E-state index in [1.165, 1.54) is 16.4 Å². The van der Waals surface area contributed by atoms with Gasteiger partial charge in [0.1, 0.15) is 6.04 Å². The van der Waals surface area contributed by atoms with Gasteiger partial charge in [0, 0.05) is 42.3 Å². The largest absolute Gasteiger partial charge is 0.339 e. The minimum Gasteiger partial charge on any atom is -0.339 e. The fraction of sp³-hybridized carbons (Fsp3) is 0.350. The molecule has 2 aromatic rings. The maximum absolute atomic E-state index is 12.9. The Morgan fingerprint density at radius 2 is 1.63 bits per heavy atom. The number of nitrogens with one attached hydrogen (secondary N) is 2. The summed E-state index contributed by atoms with van der Waals surface area (Å²) in [5.41, 5.74) is 7.24. The normalized spacial score (nSPS) is 22.9.